The zero-order valence-electron chi connectivity index (χ0n) is 17.1. The topological polar surface area (TPSA) is 61.5 Å². The summed E-state index contributed by atoms with van der Waals surface area (Å²) in [5.41, 5.74) is 2.95. The second-order valence-corrected chi connectivity index (χ2v) is 8.78. The van der Waals surface area contributed by atoms with E-state index in [1.807, 2.05) is 36.9 Å². The van der Waals surface area contributed by atoms with Crippen LogP contribution in [0.15, 0.2) is 30.5 Å². The van der Waals surface area contributed by atoms with Crippen LogP contribution in [-0.2, 0) is 11.3 Å². The minimum Gasteiger partial charge on any atom is -0.372 e. The molecule has 2 aliphatic rings. The van der Waals surface area contributed by atoms with Crippen LogP contribution in [0.4, 0.5) is 0 Å². The Kier molecular flexibility index (Phi) is 6.23. The number of H-pyrrole nitrogens is 1. The van der Waals surface area contributed by atoms with E-state index in [0.29, 0.717) is 19.0 Å². The number of piperidine rings is 1. The lowest BCUT2D eigenvalue weighted by Crippen LogP contribution is -2.48. The lowest BCUT2D eigenvalue weighted by Gasteiger charge is -2.36. The second kappa shape index (κ2) is 8.86. The van der Waals surface area contributed by atoms with Gasteiger partial charge in [0.15, 0.2) is 0 Å². The van der Waals surface area contributed by atoms with Crippen LogP contribution in [0.1, 0.15) is 54.2 Å². The van der Waals surface area contributed by atoms with Crippen molar-refractivity contribution in [1.29, 1.82) is 0 Å². The van der Waals surface area contributed by atoms with Crippen molar-refractivity contribution in [3.63, 3.8) is 0 Å². The van der Waals surface area contributed by atoms with Gasteiger partial charge in [0.05, 0.1) is 29.7 Å². The first-order chi connectivity index (χ1) is 14.0. The van der Waals surface area contributed by atoms with Gasteiger partial charge in [-0.1, -0.05) is 23.7 Å². The van der Waals surface area contributed by atoms with E-state index in [0.717, 1.165) is 48.8 Å². The Bertz CT molecular complexity index is 837. The van der Waals surface area contributed by atoms with Gasteiger partial charge in [-0.15, -0.1) is 0 Å². The van der Waals surface area contributed by atoms with Crippen LogP contribution in [0.5, 0.6) is 0 Å². The third kappa shape index (κ3) is 4.82. The molecular formula is C22H29ClN4O2. The largest absolute Gasteiger partial charge is 0.372 e. The second-order valence-electron chi connectivity index (χ2n) is 8.35. The van der Waals surface area contributed by atoms with Crippen LogP contribution in [0.3, 0.4) is 0 Å². The molecule has 2 fully saturated rings. The number of benzene rings is 1. The van der Waals surface area contributed by atoms with Crippen LogP contribution in [0.25, 0.3) is 0 Å². The number of aromatic nitrogens is 2. The third-order valence-corrected chi connectivity index (χ3v) is 6.13. The number of aromatic amines is 1. The fourth-order valence-electron chi connectivity index (χ4n) is 4.57. The van der Waals surface area contributed by atoms with Gasteiger partial charge in [0, 0.05) is 30.6 Å². The highest BCUT2D eigenvalue weighted by molar-refractivity contribution is 6.30. The molecule has 1 aromatic heterocycles. The molecule has 0 aliphatic carbocycles. The lowest BCUT2D eigenvalue weighted by atomic mass is 9.90. The van der Waals surface area contributed by atoms with Crippen molar-refractivity contribution in [3.8, 4) is 0 Å². The number of amides is 1. The summed E-state index contributed by atoms with van der Waals surface area (Å²) in [5, 5.41) is 8.12. The van der Waals surface area contributed by atoms with Gasteiger partial charge in [-0.25, -0.2) is 0 Å². The van der Waals surface area contributed by atoms with Crippen molar-refractivity contribution in [1.82, 2.24) is 20.0 Å². The average Bonchev–Trinajstić information content (AvgIpc) is 3.17. The standard InChI is InChI=1S/C22H29ClN4O2/c1-15-12-27(13-16(2)29-15)22(28)20-11-24-25-21(20)18-6-8-26(9-7-18)14-17-4-3-5-19(23)10-17/h3-5,10-11,15-16,18H,6-9,12-14H2,1-2H3,(H,24,25)/t15-,16-/m0/s1. The first-order valence-electron chi connectivity index (χ1n) is 10.4. The van der Waals surface area contributed by atoms with Crippen molar-refractivity contribution < 1.29 is 9.53 Å². The predicted molar refractivity (Wildman–Crippen MR) is 113 cm³/mol. The molecule has 2 saturated heterocycles. The number of likely N-dealkylation sites (tertiary alicyclic amines) is 1. The van der Waals surface area contributed by atoms with E-state index in [1.54, 1.807) is 6.20 Å². The Hall–Kier alpha value is -1.89. The highest BCUT2D eigenvalue weighted by Gasteiger charge is 2.31. The van der Waals surface area contributed by atoms with E-state index in [9.17, 15) is 4.79 Å². The number of hydrogen-bond donors (Lipinski definition) is 1. The lowest BCUT2D eigenvalue weighted by molar-refractivity contribution is -0.0586. The van der Waals surface area contributed by atoms with E-state index < -0.39 is 0 Å². The van der Waals surface area contributed by atoms with Crippen LogP contribution in [-0.4, -0.2) is 64.3 Å². The third-order valence-electron chi connectivity index (χ3n) is 5.90. The molecule has 2 aromatic rings. The maximum atomic E-state index is 13.1. The Morgan fingerprint density at radius 2 is 1.97 bits per heavy atom. The smallest absolute Gasteiger partial charge is 0.257 e. The summed E-state index contributed by atoms with van der Waals surface area (Å²) in [6, 6.07) is 8.06. The summed E-state index contributed by atoms with van der Waals surface area (Å²) in [4.78, 5) is 17.5. The van der Waals surface area contributed by atoms with E-state index in [1.165, 1.54) is 5.56 Å². The van der Waals surface area contributed by atoms with Crippen LogP contribution < -0.4 is 0 Å². The number of nitrogens with one attached hydrogen (secondary N) is 1. The van der Waals surface area contributed by atoms with E-state index >= 15 is 0 Å². The molecule has 0 bridgehead atoms. The molecule has 29 heavy (non-hydrogen) atoms. The van der Waals surface area contributed by atoms with Gasteiger partial charge in [-0.3, -0.25) is 14.8 Å². The molecule has 2 atom stereocenters. The summed E-state index contributed by atoms with van der Waals surface area (Å²) in [5.74, 6) is 0.403. The van der Waals surface area contributed by atoms with Crippen molar-refractivity contribution in [3.05, 3.63) is 52.3 Å². The van der Waals surface area contributed by atoms with Gasteiger partial charge in [0.2, 0.25) is 0 Å². The molecule has 0 radical (unpaired) electrons. The number of morpholine rings is 1. The first kappa shape index (κ1) is 20.4. The highest BCUT2D eigenvalue weighted by atomic mass is 35.5. The van der Waals surface area contributed by atoms with Crippen molar-refractivity contribution >= 4 is 17.5 Å². The number of rotatable bonds is 4. The summed E-state index contributed by atoms with van der Waals surface area (Å²) in [6.45, 7) is 8.19. The van der Waals surface area contributed by atoms with Gasteiger partial charge in [0.25, 0.3) is 5.91 Å². The van der Waals surface area contributed by atoms with Crippen LogP contribution in [0.2, 0.25) is 5.02 Å². The Morgan fingerprint density at radius 1 is 1.24 bits per heavy atom. The maximum absolute atomic E-state index is 13.1. The molecule has 3 heterocycles. The van der Waals surface area contributed by atoms with Gasteiger partial charge in [-0.05, 0) is 57.5 Å². The molecule has 1 amide bonds. The number of ether oxygens (including phenoxy) is 1. The van der Waals surface area contributed by atoms with Crippen molar-refractivity contribution in [2.75, 3.05) is 26.2 Å². The Balaban J connectivity index is 1.38. The molecule has 2 aliphatic heterocycles. The molecule has 0 spiro atoms. The number of carbonyl (C=O) groups excluding carboxylic acids is 1. The van der Waals surface area contributed by atoms with E-state index in [-0.39, 0.29) is 18.1 Å². The number of carbonyl (C=O) groups is 1. The molecule has 7 heteroatoms. The summed E-state index contributed by atoms with van der Waals surface area (Å²) >= 11 is 6.11. The summed E-state index contributed by atoms with van der Waals surface area (Å²) in [6.07, 6.45) is 3.85. The normalized spacial score (nSPS) is 24.0. The predicted octanol–water partition coefficient (Wildman–Crippen LogP) is 3.69. The molecule has 4 rings (SSSR count). The fourth-order valence-corrected chi connectivity index (χ4v) is 4.78. The monoisotopic (exact) mass is 416 g/mol. The van der Waals surface area contributed by atoms with Crippen molar-refractivity contribution in [2.24, 2.45) is 0 Å². The van der Waals surface area contributed by atoms with Gasteiger partial charge in [0.1, 0.15) is 0 Å². The summed E-state index contributed by atoms with van der Waals surface area (Å²) in [7, 11) is 0. The minimum absolute atomic E-state index is 0.0628. The fraction of sp³-hybridized carbons (Fsp3) is 0.545. The van der Waals surface area contributed by atoms with Gasteiger partial charge >= 0.3 is 0 Å². The van der Waals surface area contributed by atoms with Crippen LogP contribution in [0, 0.1) is 0 Å². The average molecular weight is 417 g/mol. The molecular weight excluding hydrogens is 388 g/mol. The molecule has 1 aromatic carbocycles. The minimum atomic E-state index is 0.0628. The Morgan fingerprint density at radius 3 is 2.66 bits per heavy atom. The summed E-state index contributed by atoms with van der Waals surface area (Å²) < 4.78 is 5.77. The zero-order valence-corrected chi connectivity index (χ0v) is 17.9. The SMILES string of the molecule is C[C@H]1CN(C(=O)c2cn[nH]c2C2CCN(Cc3cccc(Cl)c3)CC2)C[C@H](C)O1. The van der Waals surface area contributed by atoms with Gasteiger partial charge < -0.3 is 9.64 Å². The molecule has 0 unspecified atom stereocenters. The molecule has 6 nitrogen and oxygen atoms in total. The van der Waals surface area contributed by atoms with Crippen molar-refractivity contribution in [2.45, 2.75) is 51.4 Å². The molecule has 1 N–H and O–H groups in total. The molecule has 156 valence electrons. The number of nitrogens with zero attached hydrogens (tertiary/aromatic N) is 3. The first-order valence-corrected chi connectivity index (χ1v) is 10.8. The van der Waals surface area contributed by atoms with E-state index in [4.69, 9.17) is 16.3 Å². The van der Waals surface area contributed by atoms with Crippen LogP contribution >= 0.6 is 11.6 Å². The molecule has 0 saturated carbocycles. The maximum Gasteiger partial charge on any atom is 0.257 e. The number of halogens is 1. The van der Waals surface area contributed by atoms with Gasteiger partial charge in [-0.2, -0.15) is 5.10 Å². The van der Waals surface area contributed by atoms with E-state index in [2.05, 4.69) is 21.2 Å². The number of hydrogen-bond acceptors (Lipinski definition) is 4. The highest BCUT2D eigenvalue weighted by Crippen LogP contribution is 2.30. The Labute approximate surface area is 177 Å². The zero-order chi connectivity index (χ0) is 20.4. The quantitative estimate of drug-likeness (QED) is 0.825.